The molecule has 1 aromatic rings. The van der Waals surface area contributed by atoms with Crippen molar-refractivity contribution in [2.24, 2.45) is 5.41 Å². The lowest BCUT2D eigenvalue weighted by Crippen LogP contribution is -2.31. The molecular weight excluding hydrogens is 228 g/mol. The molecule has 0 saturated carbocycles. The quantitative estimate of drug-likeness (QED) is 0.770. The minimum Gasteiger partial charge on any atom is -0.479 e. The Bertz CT molecular complexity index is 411. The van der Waals surface area contributed by atoms with Crippen LogP contribution in [0.5, 0.6) is 5.75 Å². The fraction of sp³-hybridized carbons (Fsp3) is 0.500. The van der Waals surface area contributed by atoms with Gasteiger partial charge in [-0.15, -0.1) is 0 Å². The highest BCUT2D eigenvalue weighted by Crippen LogP contribution is 2.14. The van der Waals surface area contributed by atoms with E-state index in [1.165, 1.54) is 0 Å². The molecule has 1 rings (SSSR count). The lowest BCUT2D eigenvalue weighted by Gasteiger charge is -2.22. The van der Waals surface area contributed by atoms with E-state index >= 15 is 0 Å². The van der Waals surface area contributed by atoms with E-state index in [-0.39, 0.29) is 18.6 Å². The number of nitrogens with one attached hydrogen (secondary N) is 1. The summed E-state index contributed by atoms with van der Waals surface area (Å²) in [5.41, 5.74) is 0.980. The minimum atomic E-state index is -0.116. The Kier molecular flexibility index (Phi) is 5.63. The molecule has 4 heteroatoms. The zero-order chi connectivity index (χ0) is 13.4. The smallest absolute Gasteiger partial charge is 0.174 e. The van der Waals surface area contributed by atoms with Crippen molar-refractivity contribution in [3.8, 4) is 11.8 Å². The lowest BCUT2D eigenvalue weighted by molar-refractivity contribution is 0.156. The maximum absolute atomic E-state index is 9.14. The molecule has 0 amide bonds. The fourth-order valence-corrected chi connectivity index (χ4v) is 1.46. The van der Waals surface area contributed by atoms with E-state index in [0.717, 1.165) is 12.1 Å². The fourth-order valence-electron chi connectivity index (χ4n) is 1.46. The second kappa shape index (κ2) is 7.00. The van der Waals surface area contributed by atoms with E-state index in [1.54, 1.807) is 0 Å². The molecule has 0 fully saturated rings. The number of aliphatic hydroxyl groups is 1. The summed E-state index contributed by atoms with van der Waals surface area (Å²) in [5, 5.41) is 20.9. The highest BCUT2D eigenvalue weighted by molar-refractivity contribution is 5.28. The van der Waals surface area contributed by atoms with Crippen molar-refractivity contribution >= 4 is 0 Å². The monoisotopic (exact) mass is 248 g/mol. The van der Waals surface area contributed by atoms with Gasteiger partial charge in [-0.2, -0.15) is 5.26 Å². The van der Waals surface area contributed by atoms with Gasteiger partial charge >= 0.3 is 0 Å². The molecule has 2 N–H and O–H groups in total. The minimum absolute atomic E-state index is 0.0639. The van der Waals surface area contributed by atoms with Crippen LogP contribution in [0.25, 0.3) is 0 Å². The van der Waals surface area contributed by atoms with Crippen LogP contribution in [-0.4, -0.2) is 24.9 Å². The number of aliphatic hydroxyl groups excluding tert-OH is 1. The van der Waals surface area contributed by atoms with Crippen molar-refractivity contribution in [3.05, 3.63) is 29.8 Å². The summed E-state index contributed by atoms with van der Waals surface area (Å²) in [6.45, 7) is 5.69. The third kappa shape index (κ3) is 5.17. The van der Waals surface area contributed by atoms with Gasteiger partial charge in [-0.05, 0) is 17.7 Å². The largest absolute Gasteiger partial charge is 0.479 e. The second-order valence-corrected chi connectivity index (χ2v) is 5.02. The second-order valence-electron chi connectivity index (χ2n) is 5.02. The van der Waals surface area contributed by atoms with E-state index in [0.29, 0.717) is 12.3 Å². The molecule has 0 bridgehead atoms. The maximum Gasteiger partial charge on any atom is 0.174 e. The number of benzene rings is 1. The summed E-state index contributed by atoms with van der Waals surface area (Å²) < 4.78 is 5.24. The Morgan fingerprint density at radius 3 is 2.89 bits per heavy atom. The number of nitriles is 1. The summed E-state index contributed by atoms with van der Waals surface area (Å²) in [6, 6.07) is 9.59. The summed E-state index contributed by atoms with van der Waals surface area (Å²) in [6.07, 6.45) is 0. The van der Waals surface area contributed by atoms with Gasteiger partial charge in [0.1, 0.15) is 11.8 Å². The topological polar surface area (TPSA) is 65.3 Å². The van der Waals surface area contributed by atoms with Crippen LogP contribution < -0.4 is 10.1 Å². The van der Waals surface area contributed by atoms with Gasteiger partial charge in [-0.3, -0.25) is 0 Å². The van der Waals surface area contributed by atoms with Crippen molar-refractivity contribution < 1.29 is 9.84 Å². The lowest BCUT2D eigenvalue weighted by atomic mass is 9.95. The van der Waals surface area contributed by atoms with Gasteiger partial charge in [0, 0.05) is 25.1 Å². The Balaban J connectivity index is 2.45. The maximum atomic E-state index is 9.14. The van der Waals surface area contributed by atoms with Crippen LogP contribution in [0.1, 0.15) is 19.4 Å². The van der Waals surface area contributed by atoms with Crippen LogP contribution >= 0.6 is 0 Å². The molecule has 0 aromatic heterocycles. The van der Waals surface area contributed by atoms with E-state index in [4.69, 9.17) is 15.1 Å². The van der Waals surface area contributed by atoms with Crippen molar-refractivity contribution in [1.29, 1.82) is 5.26 Å². The third-order valence-electron chi connectivity index (χ3n) is 2.56. The predicted molar refractivity (Wildman–Crippen MR) is 70.1 cm³/mol. The molecule has 0 unspecified atom stereocenters. The highest BCUT2D eigenvalue weighted by Gasteiger charge is 2.15. The first-order valence-corrected chi connectivity index (χ1v) is 5.98. The van der Waals surface area contributed by atoms with Gasteiger partial charge in [-0.25, -0.2) is 0 Å². The van der Waals surface area contributed by atoms with Crippen LogP contribution in [0, 0.1) is 16.7 Å². The van der Waals surface area contributed by atoms with Gasteiger partial charge in [-0.1, -0.05) is 26.0 Å². The van der Waals surface area contributed by atoms with Gasteiger partial charge in [0.2, 0.25) is 0 Å². The van der Waals surface area contributed by atoms with Crippen LogP contribution in [0.15, 0.2) is 24.3 Å². The molecule has 18 heavy (non-hydrogen) atoms. The van der Waals surface area contributed by atoms with Gasteiger partial charge in [0.05, 0.1) is 0 Å². The molecule has 0 spiro atoms. The molecule has 4 nitrogen and oxygen atoms in total. The first-order valence-electron chi connectivity index (χ1n) is 5.98. The van der Waals surface area contributed by atoms with Crippen molar-refractivity contribution in [3.63, 3.8) is 0 Å². The standard InChI is InChI=1S/C14H20N2O2/c1-14(2,11-17)10-16-9-12-4-3-5-13(8-12)18-7-6-15/h3-5,8,16-17H,7,9-11H2,1-2H3. The van der Waals surface area contributed by atoms with Crippen LogP contribution in [0.3, 0.4) is 0 Å². The molecule has 0 aliphatic rings. The average molecular weight is 248 g/mol. The molecule has 98 valence electrons. The van der Waals surface area contributed by atoms with E-state index in [2.05, 4.69) is 5.32 Å². The number of nitrogens with zero attached hydrogens (tertiary/aromatic N) is 1. The molecule has 1 aromatic carbocycles. The number of hydrogen-bond acceptors (Lipinski definition) is 4. The summed E-state index contributed by atoms with van der Waals surface area (Å²) in [5.74, 6) is 0.706. The van der Waals surface area contributed by atoms with Crippen LogP contribution in [0.2, 0.25) is 0 Å². The predicted octanol–water partition coefficient (Wildman–Crippen LogP) is 1.70. The first-order chi connectivity index (χ1) is 8.57. The molecule has 0 radical (unpaired) electrons. The zero-order valence-electron chi connectivity index (χ0n) is 10.9. The van der Waals surface area contributed by atoms with Crippen molar-refractivity contribution in [1.82, 2.24) is 5.32 Å². The van der Waals surface area contributed by atoms with Crippen molar-refractivity contribution in [2.45, 2.75) is 20.4 Å². The van der Waals surface area contributed by atoms with Gasteiger partial charge in [0.15, 0.2) is 6.61 Å². The Hall–Kier alpha value is -1.57. The van der Waals surface area contributed by atoms with Crippen molar-refractivity contribution in [2.75, 3.05) is 19.8 Å². The number of rotatable bonds is 7. The SMILES string of the molecule is CC(C)(CO)CNCc1cccc(OCC#N)c1. The molecule has 0 aliphatic carbocycles. The Morgan fingerprint density at radius 1 is 1.44 bits per heavy atom. The van der Waals surface area contributed by atoms with Crippen LogP contribution in [0.4, 0.5) is 0 Å². The highest BCUT2D eigenvalue weighted by atomic mass is 16.5. The zero-order valence-corrected chi connectivity index (χ0v) is 10.9. The average Bonchev–Trinajstić information content (AvgIpc) is 2.37. The summed E-state index contributed by atoms with van der Waals surface area (Å²) >= 11 is 0. The number of hydrogen-bond donors (Lipinski definition) is 2. The van der Waals surface area contributed by atoms with Gasteiger partial charge < -0.3 is 15.2 Å². The summed E-state index contributed by atoms with van der Waals surface area (Å²) in [7, 11) is 0. The van der Waals surface area contributed by atoms with E-state index in [1.807, 2.05) is 44.2 Å². The summed E-state index contributed by atoms with van der Waals surface area (Å²) in [4.78, 5) is 0. The molecule has 0 atom stereocenters. The third-order valence-corrected chi connectivity index (χ3v) is 2.56. The normalized spacial score (nSPS) is 11.0. The molecule has 0 saturated heterocycles. The van der Waals surface area contributed by atoms with Crippen LogP contribution in [-0.2, 0) is 6.54 Å². The van der Waals surface area contributed by atoms with E-state index < -0.39 is 0 Å². The Morgan fingerprint density at radius 2 is 2.22 bits per heavy atom. The van der Waals surface area contributed by atoms with E-state index in [9.17, 15) is 0 Å². The Labute approximate surface area is 108 Å². The molecule has 0 heterocycles. The number of ether oxygens (including phenoxy) is 1. The van der Waals surface area contributed by atoms with Gasteiger partial charge in [0.25, 0.3) is 0 Å². The molecule has 0 aliphatic heterocycles. The molecular formula is C14H20N2O2. The first kappa shape index (κ1) is 14.5.